The lowest BCUT2D eigenvalue weighted by atomic mass is 10.2. The van der Waals surface area contributed by atoms with Crippen LogP contribution in [-0.2, 0) is 9.53 Å². The second kappa shape index (κ2) is 7.15. The van der Waals surface area contributed by atoms with Crippen molar-refractivity contribution in [2.45, 2.75) is 0 Å². The van der Waals surface area contributed by atoms with E-state index in [2.05, 4.69) is 0 Å². The summed E-state index contributed by atoms with van der Waals surface area (Å²) in [5.41, 5.74) is 2.72. The first-order valence-electron chi connectivity index (χ1n) is 7.18. The van der Waals surface area contributed by atoms with Crippen molar-refractivity contribution >= 4 is 34.3 Å². The number of nitrogens with zero attached hydrogens (tertiary/aromatic N) is 2. The third-order valence-corrected chi connectivity index (χ3v) is 4.28. The van der Waals surface area contributed by atoms with Crippen molar-refractivity contribution in [1.82, 2.24) is 0 Å². The predicted octanol–water partition coefficient (Wildman–Crippen LogP) is 3.98. The first-order valence-corrected chi connectivity index (χ1v) is 8.17. The standard InChI is InChI=1S/C18H16N2O2S/c1-22-17(21)12-16-13-23-18(19-14-8-4-2-5-9-14)20(16)15-10-6-3-7-11-15/h2-12H,13H2,1H3/b16-12+,19-18?. The van der Waals surface area contributed by atoms with E-state index >= 15 is 0 Å². The molecule has 0 N–H and O–H groups in total. The molecule has 4 nitrogen and oxygen atoms in total. The van der Waals surface area contributed by atoms with Crippen molar-refractivity contribution < 1.29 is 9.53 Å². The Kier molecular flexibility index (Phi) is 4.78. The van der Waals surface area contributed by atoms with Crippen LogP contribution in [-0.4, -0.2) is 24.0 Å². The molecular weight excluding hydrogens is 308 g/mol. The number of hydrogen-bond donors (Lipinski definition) is 0. The van der Waals surface area contributed by atoms with E-state index in [9.17, 15) is 4.79 Å². The number of esters is 1. The lowest BCUT2D eigenvalue weighted by Crippen LogP contribution is -2.22. The molecule has 116 valence electrons. The summed E-state index contributed by atoms with van der Waals surface area (Å²) >= 11 is 1.60. The zero-order chi connectivity index (χ0) is 16.1. The van der Waals surface area contributed by atoms with E-state index < -0.39 is 0 Å². The molecule has 3 rings (SSSR count). The van der Waals surface area contributed by atoms with Gasteiger partial charge in [-0.2, -0.15) is 0 Å². The summed E-state index contributed by atoms with van der Waals surface area (Å²) in [6.07, 6.45) is 1.52. The molecule has 23 heavy (non-hydrogen) atoms. The molecule has 0 amide bonds. The number of hydrogen-bond acceptors (Lipinski definition) is 4. The van der Waals surface area contributed by atoms with Gasteiger partial charge in [-0.1, -0.05) is 48.2 Å². The minimum absolute atomic E-state index is 0.359. The fourth-order valence-electron chi connectivity index (χ4n) is 2.24. The van der Waals surface area contributed by atoms with Crippen molar-refractivity contribution in [1.29, 1.82) is 0 Å². The summed E-state index contributed by atoms with van der Waals surface area (Å²) in [6, 6.07) is 19.7. The summed E-state index contributed by atoms with van der Waals surface area (Å²) < 4.78 is 4.76. The van der Waals surface area contributed by atoms with Gasteiger partial charge in [0.2, 0.25) is 0 Å². The number of benzene rings is 2. The fraction of sp³-hybridized carbons (Fsp3) is 0.111. The highest BCUT2D eigenvalue weighted by Crippen LogP contribution is 2.34. The lowest BCUT2D eigenvalue weighted by Gasteiger charge is -2.19. The number of aliphatic imine (C=N–C) groups is 1. The molecule has 2 aromatic rings. The Morgan fingerprint density at radius 1 is 1.13 bits per heavy atom. The molecule has 0 atom stereocenters. The van der Waals surface area contributed by atoms with Gasteiger partial charge in [0.15, 0.2) is 5.17 Å². The average Bonchev–Trinajstić information content (AvgIpc) is 2.98. The minimum Gasteiger partial charge on any atom is -0.466 e. The van der Waals surface area contributed by atoms with E-state index in [1.54, 1.807) is 11.8 Å². The normalized spacial score (nSPS) is 17.7. The van der Waals surface area contributed by atoms with E-state index in [0.29, 0.717) is 5.75 Å². The van der Waals surface area contributed by atoms with Crippen LogP contribution in [0.15, 0.2) is 77.4 Å². The van der Waals surface area contributed by atoms with Crippen LogP contribution < -0.4 is 4.90 Å². The number of anilines is 1. The zero-order valence-corrected chi connectivity index (χ0v) is 13.5. The van der Waals surface area contributed by atoms with Gasteiger partial charge in [-0.05, 0) is 24.3 Å². The first-order chi connectivity index (χ1) is 11.3. The largest absolute Gasteiger partial charge is 0.466 e. The SMILES string of the molecule is COC(=O)/C=C1\CSC(=Nc2ccccc2)N1c1ccccc1. The molecule has 1 fully saturated rings. The van der Waals surface area contributed by atoms with Gasteiger partial charge in [0.1, 0.15) is 0 Å². The van der Waals surface area contributed by atoms with E-state index in [-0.39, 0.29) is 5.97 Å². The fourth-order valence-corrected chi connectivity index (χ4v) is 3.25. The molecule has 0 radical (unpaired) electrons. The number of carbonyl (C=O) groups is 1. The number of rotatable bonds is 3. The van der Waals surface area contributed by atoms with Gasteiger partial charge in [0.05, 0.1) is 12.8 Å². The zero-order valence-electron chi connectivity index (χ0n) is 12.7. The summed E-state index contributed by atoms with van der Waals surface area (Å²) in [7, 11) is 1.38. The molecule has 2 aromatic carbocycles. The van der Waals surface area contributed by atoms with Crippen LogP contribution in [0.4, 0.5) is 11.4 Å². The molecule has 0 bridgehead atoms. The summed E-state index contributed by atoms with van der Waals surface area (Å²) in [5, 5.41) is 0.845. The van der Waals surface area contributed by atoms with Gasteiger partial charge in [-0.25, -0.2) is 9.79 Å². The third-order valence-electron chi connectivity index (χ3n) is 3.31. The Morgan fingerprint density at radius 2 is 1.78 bits per heavy atom. The Labute approximate surface area is 139 Å². The molecule has 5 heteroatoms. The number of para-hydroxylation sites is 2. The van der Waals surface area contributed by atoms with Gasteiger partial charge < -0.3 is 4.74 Å². The molecule has 1 aliphatic heterocycles. The van der Waals surface area contributed by atoms with Crippen LogP contribution in [0, 0.1) is 0 Å². The van der Waals surface area contributed by atoms with Crippen molar-refractivity contribution in [2.75, 3.05) is 17.8 Å². The van der Waals surface area contributed by atoms with Crippen molar-refractivity contribution in [3.63, 3.8) is 0 Å². The molecular formula is C18H16N2O2S. The van der Waals surface area contributed by atoms with E-state index in [1.165, 1.54) is 13.2 Å². The predicted molar refractivity (Wildman–Crippen MR) is 95.0 cm³/mol. The Hall–Kier alpha value is -2.53. The smallest absolute Gasteiger partial charge is 0.332 e. The maximum atomic E-state index is 11.6. The molecule has 0 aliphatic carbocycles. The van der Waals surface area contributed by atoms with Crippen molar-refractivity contribution in [3.05, 3.63) is 72.4 Å². The molecule has 1 aliphatic rings. The van der Waals surface area contributed by atoms with Crippen LogP contribution in [0.5, 0.6) is 0 Å². The van der Waals surface area contributed by atoms with Crippen molar-refractivity contribution in [3.8, 4) is 0 Å². The summed E-state index contributed by atoms with van der Waals surface area (Å²) in [6.45, 7) is 0. The molecule has 0 saturated carbocycles. The summed E-state index contributed by atoms with van der Waals surface area (Å²) in [4.78, 5) is 18.3. The molecule has 0 unspecified atom stereocenters. The van der Waals surface area contributed by atoms with E-state index in [4.69, 9.17) is 9.73 Å². The average molecular weight is 324 g/mol. The topological polar surface area (TPSA) is 41.9 Å². The maximum absolute atomic E-state index is 11.6. The van der Waals surface area contributed by atoms with Crippen LogP contribution in [0.1, 0.15) is 0 Å². The molecule has 0 aromatic heterocycles. The maximum Gasteiger partial charge on any atom is 0.332 e. The van der Waals surface area contributed by atoms with Crippen LogP contribution >= 0.6 is 11.8 Å². The quantitative estimate of drug-likeness (QED) is 0.632. The van der Waals surface area contributed by atoms with Crippen molar-refractivity contribution in [2.24, 2.45) is 4.99 Å². The summed E-state index contributed by atoms with van der Waals surface area (Å²) in [5.74, 6) is 0.317. The van der Waals surface area contributed by atoms with E-state index in [1.807, 2.05) is 65.6 Å². The Bertz CT molecular complexity index is 742. The number of carbonyl (C=O) groups excluding carboxylic acids is 1. The first kappa shape index (κ1) is 15.4. The van der Waals surface area contributed by atoms with Gasteiger partial charge >= 0.3 is 5.97 Å². The van der Waals surface area contributed by atoms with Crippen LogP contribution in [0.3, 0.4) is 0 Å². The number of amidine groups is 1. The highest BCUT2D eigenvalue weighted by Gasteiger charge is 2.27. The highest BCUT2D eigenvalue weighted by atomic mass is 32.2. The van der Waals surface area contributed by atoms with Gasteiger partial charge in [0.25, 0.3) is 0 Å². The minimum atomic E-state index is -0.359. The number of ether oxygens (including phenoxy) is 1. The lowest BCUT2D eigenvalue weighted by molar-refractivity contribution is -0.134. The number of methoxy groups -OCH3 is 1. The second-order valence-electron chi connectivity index (χ2n) is 4.85. The molecule has 0 spiro atoms. The Morgan fingerprint density at radius 3 is 2.43 bits per heavy atom. The van der Waals surface area contributed by atoms with Gasteiger partial charge in [-0.15, -0.1) is 0 Å². The monoisotopic (exact) mass is 324 g/mol. The van der Waals surface area contributed by atoms with E-state index in [0.717, 1.165) is 22.2 Å². The van der Waals surface area contributed by atoms with Gasteiger partial charge in [-0.3, -0.25) is 4.90 Å². The second-order valence-corrected chi connectivity index (χ2v) is 5.79. The molecule has 1 saturated heterocycles. The Balaban J connectivity index is 2.01. The van der Waals surface area contributed by atoms with Crippen LogP contribution in [0.2, 0.25) is 0 Å². The van der Waals surface area contributed by atoms with Crippen LogP contribution in [0.25, 0.3) is 0 Å². The highest BCUT2D eigenvalue weighted by molar-refractivity contribution is 8.14. The van der Waals surface area contributed by atoms with Gasteiger partial charge in [0, 0.05) is 23.2 Å². The molecule has 1 heterocycles. The third kappa shape index (κ3) is 3.63. The number of thioether (sulfide) groups is 1.